The molecule has 0 bridgehead atoms. The average Bonchev–Trinajstić information content (AvgIpc) is 3.38. The SMILES string of the molecule is CC1(C)CC(c2ccccc2N2CCN(C[C@@H]3C[C@H]3CCl)CC2)CC(C)(C)C1.Cl. The van der Waals surface area contributed by atoms with Crippen LogP contribution < -0.4 is 4.90 Å². The predicted molar refractivity (Wildman–Crippen MR) is 129 cm³/mol. The van der Waals surface area contributed by atoms with E-state index in [1.54, 1.807) is 5.56 Å². The van der Waals surface area contributed by atoms with Crippen LogP contribution in [0.2, 0.25) is 0 Å². The fraction of sp³-hybridized carbons (Fsp3) is 0.760. The first-order valence-electron chi connectivity index (χ1n) is 11.4. The van der Waals surface area contributed by atoms with Crippen LogP contribution in [0.5, 0.6) is 0 Å². The monoisotopic (exact) mass is 438 g/mol. The minimum absolute atomic E-state index is 0. The van der Waals surface area contributed by atoms with Gasteiger partial charge in [-0.1, -0.05) is 45.9 Å². The zero-order chi connectivity index (χ0) is 19.9. The van der Waals surface area contributed by atoms with Gasteiger partial charge in [-0.3, -0.25) is 4.90 Å². The molecule has 0 radical (unpaired) electrons. The van der Waals surface area contributed by atoms with Crippen LogP contribution in [0.25, 0.3) is 0 Å². The molecule has 3 fully saturated rings. The summed E-state index contributed by atoms with van der Waals surface area (Å²) in [5, 5.41) is 0. The Morgan fingerprint density at radius 3 is 2.14 bits per heavy atom. The van der Waals surface area contributed by atoms with E-state index in [-0.39, 0.29) is 12.4 Å². The Morgan fingerprint density at radius 1 is 0.931 bits per heavy atom. The third-order valence-electron chi connectivity index (χ3n) is 7.40. The number of piperazine rings is 1. The van der Waals surface area contributed by atoms with Gasteiger partial charge in [0, 0.05) is 44.3 Å². The van der Waals surface area contributed by atoms with Gasteiger partial charge in [-0.25, -0.2) is 0 Å². The van der Waals surface area contributed by atoms with Crippen molar-refractivity contribution < 1.29 is 0 Å². The summed E-state index contributed by atoms with van der Waals surface area (Å²) in [6.07, 6.45) is 5.31. The number of rotatable bonds is 5. The number of halogens is 2. The van der Waals surface area contributed by atoms with Crippen LogP contribution in [0.1, 0.15) is 64.9 Å². The van der Waals surface area contributed by atoms with Crippen molar-refractivity contribution in [1.82, 2.24) is 4.90 Å². The van der Waals surface area contributed by atoms with Gasteiger partial charge in [0.2, 0.25) is 0 Å². The number of hydrogen-bond donors (Lipinski definition) is 0. The van der Waals surface area contributed by atoms with Crippen molar-refractivity contribution in [2.75, 3.05) is 43.5 Å². The summed E-state index contributed by atoms with van der Waals surface area (Å²) in [6.45, 7) is 15.8. The molecular weight excluding hydrogens is 399 g/mol. The van der Waals surface area contributed by atoms with Crippen molar-refractivity contribution in [3.63, 3.8) is 0 Å². The Morgan fingerprint density at radius 2 is 1.55 bits per heavy atom. The van der Waals surface area contributed by atoms with Crippen LogP contribution in [-0.4, -0.2) is 43.5 Å². The molecule has 2 aliphatic carbocycles. The van der Waals surface area contributed by atoms with Crippen LogP contribution in [0.4, 0.5) is 5.69 Å². The number of hydrogen-bond acceptors (Lipinski definition) is 2. The molecular formula is C25H40Cl2N2. The lowest BCUT2D eigenvalue weighted by molar-refractivity contribution is 0.0970. The Kier molecular flexibility index (Phi) is 7.18. The molecule has 1 saturated heterocycles. The Hall–Kier alpha value is -0.440. The summed E-state index contributed by atoms with van der Waals surface area (Å²) in [7, 11) is 0. The van der Waals surface area contributed by atoms with Crippen molar-refractivity contribution in [2.24, 2.45) is 22.7 Å². The zero-order valence-corrected chi connectivity index (χ0v) is 20.4. The summed E-state index contributed by atoms with van der Waals surface area (Å²) in [6, 6.07) is 9.28. The lowest BCUT2D eigenvalue weighted by atomic mass is 9.60. The number of benzene rings is 1. The van der Waals surface area contributed by atoms with Gasteiger partial charge in [-0.2, -0.15) is 0 Å². The van der Waals surface area contributed by atoms with Gasteiger partial charge in [0.1, 0.15) is 0 Å². The summed E-state index contributed by atoms with van der Waals surface area (Å²) < 4.78 is 0. The highest BCUT2D eigenvalue weighted by atomic mass is 35.5. The first kappa shape index (κ1) is 23.2. The fourth-order valence-corrected chi connectivity index (χ4v) is 6.79. The summed E-state index contributed by atoms with van der Waals surface area (Å²) >= 11 is 6.02. The van der Waals surface area contributed by atoms with E-state index in [4.69, 9.17) is 11.6 Å². The third-order valence-corrected chi connectivity index (χ3v) is 7.80. The smallest absolute Gasteiger partial charge is 0.0402 e. The van der Waals surface area contributed by atoms with Gasteiger partial charge in [0.15, 0.2) is 0 Å². The maximum atomic E-state index is 6.02. The standard InChI is InChI=1S/C25H39ClN2.ClH/c1-24(2)14-21(15-25(3,4)18-24)22-7-5-6-8-23(22)28-11-9-27(10-12-28)17-20-13-19(20)16-26;/h5-8,19-21H,9-18H2,1-4H3;1H/t19-,20-;/m0./s1. The highest BCUT2D eigenvalue weighted by molar-refractivity contribution is 6.18. The number of alkyl halides is 1. The van der Waals surface area contributed by atoms with E-state index in [1.165, 1.54) is 51.0 Å². The quantitative estimate of drug-likeness (QED) is 0.488. The van der Waals surface area contributed by atoms with Gasteiger partial charge in [-0.15, -0.1) is 24.0 Å². The Labute approximate surface area is 189 Å². The van der Waals surface area contributed by atoms with Gasteiger partial charge >= 0.3 is 0 Å². The molecule has 1 heterocycles. The van der Waals surface area contributed by atoms with Crippen molar-refractivity contribution in [2.45, 2.75) is 59.3 Å². The molecule has 2 saturated carbocycles. The highest BCUT2D eigenvalue weighted by Crippen LogP contribution is 2.53. The van der Waals surface area contributed by atoms with Crippen LogP contribution >= 0.6 is 24.0 Å². The maximum absolute atomic E-state index is 6.02. The van der Waals surface area contributed by atoms with E-state index in [1.807, 2.05) is 0 Å². The van der Waals surface area contributed by atoms with E-state index in [0.29, 0.717) is 16.7 Å². The lowest BCUT2D eigenvalue weighted by Crippen LogP contribution is -2.47. The molecule has 2 nitrogen and oxygen atoms in total. The molecule has 4 rings (SSSR count). The highest BCUT2D eigenvalue weighted by Gasteiger charge is 2.40. The van der Waals surface area contributed by atoms with E-state index in [9.17, 15) is 0 Å². The predicted octanol–water partition coefficient (Wildman–Crippen LogP) is 6.43. The summed E-state index contributed by atoms with van der Waals surface area (Å²) in [5.74, 6) is 3.19. The van der Waals surface area contributed by atoms with Crippen LogP contribution in [-0.2, 0) is 0 Å². The second-order valence-electron chi connectivity index (χ2n) is 11.4. The lowest BCUT2D eigenvalue weighted by Gasteiger charge is -2.46. The maximum Gasteiger partial charge on any atom is 0.0402 e. The largest absolute Gasteiger partial charge is 0.369 e. The molecule has 1 aliphatic heterocycles. The number of nitrogens with zero attached hydrogens (tertiary/aromatic N) is 2. The van der Waals surface area contributed by atoms with Crippen molar-refractivity contribution in [3.05, 3.63) is 29.8 Å². The average molecular weight is 440 g/mol. The topological polar surface area (TPSA) is 6.48 Å². The zero-order valence-electron chi connectivity index (χ0n) is 18.8. The first-order valence-corrected chi connectivity index (χ1v) is 11.9. The van der Waals surface area contributed by atoms with Gasteiger partial charge in [0.25, 0.3) is 0 Å². The van der Waals surface area contributed by atoms with E-state index in [0.717, 1.165) is 30.8 Å². The van der Waals surface area contributed by atoms with Crippen LogP contribution in [0.15, 0.2) is 24.3 Å². The number of anilines is 1. The summed E-state index contributed by atoms with van der Waals surface area (Å²) in [4.78, 5) is 5.33. The summed E-state index contributed by atoms with van der Waals surface area (Å²) in [5.41, 5.74) is 3.97. The molecule has 0 aromatic heterocycles. The Balaban J connectivity index is 0.00000240. The Bertz CT molecular complexity index is 663. The van der Waals surface area contributed by atoms with Gasteiger partial charge < -0.3 is 4.90 Å². The molecule has 0 spiro atoms. The first-order chi connectivity index (χ1) is 13.3. The molecule has 0 amide bonds. The van der Waals surface area contributed by atoms with Crippen LogP contribution in [0, 0.1) is 22.7 Å². The normalized spacial score (nSPS) is 29.3. The van der Waals surface area contributed by atoms with Crippen molar-refractivity contribution >= 4 is 29.7 Å². The molecule has 2 atom stereocenters. The van der Waals surface area contributed by atoms with E-state index < -0.39 is 0 Å². The van der Waals surface area contributed by atoms with Gasteiger partial charge in [-0.05, 0) is 65.9 Å². The molecule has 164 valence electrons. The molecule has 4 heteroatoms. The van der Waals surface area contributed by atoms with E-state index >= 15 is 0 Å². The van der Waals surface area contributed by atoms with Crippen molar-refractivity contribution in [3.8, 4) is 0 Å². The molecule has 0 N–H and O–H groups in total. The van der Waals surface area contributed by atoms with Gasteiger partial charge in [0.05, 0.1) is 0 Å². The van der Waals surface area contributed by atoms with Crippen LogP contribution in [0.3, 0.4) is 0 Å². The second kappa shape index (κ2) is 8.97. The number of para-hydroxylation sites is 1. The molecule has 1 aromatic carbocycles. The molecule has 0 unspecified atom stereocenters. The molecule has 3 aliphatic rings. The third kappa shape index (κ3) is 5.63. The van der Waals surface area contributed by atoms with Crippen molar-refractivity contribution in [1.29, 1.82) is 0 Å². The minimum atomic E-state index is 0. The molecule has 29 heavy (non-hydrogen) atoms. The minimum Gasteiger partial charge on any atom is -0.369 e. The molecule has 1 aromatic rings. The van der Waals surface area contributed by atoms with E-state index in [2.05, 4.69) is 61.8 Å². The fourth-order valence-electron chi connectivity index (χ4n) is 6.41. The second-order valence-corrected chi connectivity index (χ2v) is 11.7.